The molecular formula is C25H29FN2O5. The van der Waals surface area contributed by atoms with Gasteiger partial charge in [-0.25, -0.2) is 9.18 Å². The van der Waals surface area contributed by atoms with Gasteiger partial charge in [-0.3, -0.25) is 13.9 Å². The third-order valence-corrected chi connectivity index (χ3v) is 6.00. The van der Waals surface area contributed by atoms with Crippen LogP contribution >= 0.6 is 0 Å². The van der Waals surface area contributed by atoms with Crippen molar-refractivity contribution >= 4 is 16.8 Å². The Kier molecular flexibility index (Phi) is 6.67. The Morgan fingerprint density at radius 2 is 2.00 bits per heavy atom. The van der Waals surface area contributed by atoms with E-state index < -0.39 is 12.5 Å². The number of imidazole rings is 1. The molecule has 33 heavy (non-hydrogen) atoms. The summed E-state index contributed by atoms with van der Waals surface area (Å²) in [5.41, 5.74) is 2.07. The molecule has 3 aromatic rings. The number of fused-ring (bicyclic) bond motifs is 1. The minimum absolute atomic E-state index is 0.0781. The first-order chi connectivity index (χ1) is 15.8. The summed E-state index contributed by atoms with van der Waals surface area (Å²) in [4.78, 5) is 26.4. The van der Waals surface area contributed by atoms with Crippen molar-refractivity contribution in [2.75, 3.05) is 13.2 Å². The van der Waals surface area contributed by atoms with E-state index in [4.69, 9.17) is 9.47 Å². The molecule has 2 aromatic carbocycles. The molecule has 8 heteroatoms. The SMILES string of the molecule is CC(F)Oc1cccc(-n2c(=O)n(C(C)C)c3cc(C(=O)C[C@H]4CCOC[C@@H]4O)ccc32)c1. The molecule has 1 aromatic heterocycles. The minimum Gasteiger partial charge on any atom is -0.461 e. The lowest BCUT2D eigenvalue weighted by molar-refractivity contribution is -0.0438. The monoisotopic (exact) mass is 456 g/mol. The third-order valence-electron chi connectivity index (χ3n) is 6.00. The molecule has 0 spiro atoms. The number of nitrogens with zero attached hydrogens (tertiary/aromatic N) is 2. The van der Waals surface area contributed by atoms with Gasteiger partial charge in [0.1, 0.15) is 5.75 Å². The van der Waals surface area contributed by atoms with Crippen molar-refractivity contribution in [3.63, 3.8) is 0 Å². The molecule has 1 fully saturated rings. The largest absolute Gasteiger partial charge is 0.461 e. The number of hydrogen-bond acceptors (Lipinski definition) is 5. The molecule has 7 nitrogen and oxygen atoms in total. The summed E-state index contributed by atoms with van der Waals surface area (Å²) in [6.07, 6.45) is -1.26. The number of carbonyl (C=O) groups excluding carboxylic acids is 1. The summed E-state index contributed by atoms with van der Waals surface area (Å²) < 4.78 is 26.9. The maximum absolute atomic E-state index is 13.4. The van der Waals surface area contributed by atoms with Crippen LogP contribution in [0.5, 0.6) is 5.75 Å². The Bertz CT molecular complexity index is 1210. The molecule has 1 aliphatic heterocycles. The van der Waals surface area contributed by atoms with Crippen molar-refractivity contribution in [3.05, 3.63) is 58.5 Å². The number of alkyl halides is 1. The number of ether oxygens (including phenoxy) is 2. The van der Waals surface area contributed by atoms with Crippen molar-refractivity contribution in [3.8, 4) is 11.4 Å². The van der Waals surface area contributed by atoms with Crippen LogP contribution in [0, 0.1) is 5.92 Å². The van der Waals surface area contributed by atoms with Crippen LogP contribution in [0.4, 0.5) is 4.39 Å². The summed E-state index contributed by atoms with van der Waals surface area (Å²) in [7, 11) is 0. The molecule has 0 aliphatic carbocycles. The second-order valence-corrected chi connectivity index (χ2v) is 8.76. The number of benzene rings is 2. The fourth-order valence-corrected chi connectivity index (χ4v) is 4.39. The molecule has 1 saturated heterocycles. The summed E-state index contributed by atoms with van der Waals surface area (Å²) in [6, 6.07) is 11.8. The van der Waals surface area contributed by atoms with Crippen molar-refractivity contribution < 1.29 is 23.8 Å². The van der Waals surface area contributed by atoms with E-state index in [-0.39, 0.29) is 36.5 Å². The zero-order chi connectivity index (χ0) is 23.7. The molecule has 0 amide bonds. The van der Waals surface area contributed by atoms with Crippen molar-refractivity contribution in [2.45, 2.75) is 52.1 Å². The molecular weight excluding hydrogens is 427 g/mol. The summed E-state index contributed by atoms with van der Waals surface area (Å²) in [5.74, 6) is 0.104. The zero-order valence-corrected chi connectivity index (χ0v) is 19.0. The van der Waals surface area contributed by atoms with Gasteiger partial charge in [0.25, 0.3) is 0 Å². The number of aliphatic hydroxyl groups is 1. The van der Waals surface area contributed by atoms with Gasteiger partial charge in [0, 0.05) is 37.6 Å². The Morgan fingerprint density at radius 1 is 1.21 bits per heavy atom. The Morgan fingerprint density at radius 3 is 2.70 bits per heavy atom. The first-order valence-corrected chi connectivity index (χ1v) is 11.2. The average Bonchev–Trinajstić information content (AvgIpc) is 3.06. The standard InChI is InChI=1S/C25H29FN2O5/c1-15(2)27-22-11-17(23(29)12-18-9-10-32-14-24(18)30)7-8-21(22)28(25(27)31)19-5-4-6-20(13-19)33-16(3)26/h4-8,11,13,15-16,18,24,30H,9-10,12,14H2,1-3H3/t16?,18-,24+/m1/s1. The van der Waals surface area contributed by atoms with Crippen molar-refractivity contribution in [1.82, 2.24) is 9.13 Å². The maximum atomic E-state index is 13.4. The molecule has 2 heterocycles. The summed E-state index contributed by atoms with van der Waals surface area (Å²) in [6.45, 7) is 5.89. The highest BCUT2D eigenvalue weighted by atomic mass is 19.1. The minimum atomic E-state index is -1.48. The fraction of sp³-hybridized carbons (Fsp3) is 0.440. The van der Waals surface area contributed by atoms with Gasteiger partial charge < -0.3 is 14.6 Å². The van der Waals surface area contributed by atoms with Crippen LogP contribution in [0.3, 0.4) is 0 Å². The lowest BCUT2D eigenvalue weighted by atomic mass is 9.90. The van der Waals surface area contributed by atoms with Crippen LogP contribution < -0.4 is 10.4 Å². The van der Waals surface area contributed by atoms with Crippen LogP contribution in [0.2, 0.25) is 0 Å². The van der Waals surface area contributed by atoms with Gasteiger partial charge in [-0.15, -0.1) is 0 Å². The quantitative estimate of drug-likeness (QED) is 0.543. The lowest BCUT2D eigenvalue weighted by Crippen LogP contribution is -2.33. The highest BCUT2D eigenvalue weighted by Gasteiger charge is 2.27. The first-order valence-electron chi connectivity index (χ1n) is 11.2. The number of carbonyl (C=O) groups is 1. The van der Waals surface area contributed by atoms with E-state index in [1.165, 1.54) is 6.92 Å². The van der Waals surface area contributed by atoms with Crippen molar-refractivity contribution in [2.24, 2.45) is 5.92 Å². The van der Waals surface area contributed by atoms with E-state index in [1.807, 2.05) is 13.8 Å². The predicted octanol–water partition coefficient (Wildman–Crippen LogP) is 4.04. The number of Topliss-reactive ketones (excluding diaryl/α,β-unsaturated/α-hetero) is 1. The average molecular weight is 457 g/mol. The molecule has 4 rings (SSSR count). The summed E-state index contributed by atoms with van der Waals surface area (Å²) >= 11 is 0. The fourth-order valence-electron chi connectivity index (χ4n) is 4.39. The van der Waals surface area contributed by atoms with Gasteiger partial charge >= 0.3 is 5.69 Å². The molecule has 0 bridgehead atoms. The van der Waals surface area contributed by atoms with E-state index in [0.717, 1.165) is 0 Å². The lowest BCUT2D eigenvalue weighted by Gasteiger charge is -2.27. The molecule has 1 aliphatic rings. The Hall–Kier alpha value is -2.97. The Labute approximate surface area is 191 Å². The smallest absolute Gasteiger partial charge is 0.333 e. The van der Waals surface area contributed by atoms with Crippen LogP contribution in [-0.4, -0.2) is 45.7 Å². The summed E-state index contributed by atoms with van der Waals surface area (Å²) in [5, 5.41) is 10.1. The number of hydrogen-bond donors (Lipinski definition) is 1. The van der Waals surface area contributed by atoms with E-state index in [1.54, 1.807) is 51.6 Å². The van der Waals surface area contributed by atoms with E-state index in [2.05, 4.69) is 0 Å². The topological polar surface area (TPSA) is 82.7 Å². The van der Waals surface area contributed by atoms with Gasteiger partial charge in [-0.05, 0) is 56.5 Å². The maximum Gasteiger partial charge on any atom is 0.333 e. The van der Waals surface area contributed by atoms with E-state index in [0.29, 0.717) is 41.1 Å². The highest BCUT2D eigenvalue weighted by Crippen LogP contribution is 2.27. The van der Waals surface area contributed by atoms with Gasteiger partial charge in [0.15, 0.2) is 5.78 Å². The number of aromatic nitrogens is 2. The molecule has 1 N–H and O–H groups in total. The number of halogens is 1. The molecule has 0 radical (unpaired) electrons. The van der Waals surface area contributed by atoms with Gasteiger partial charge in [-0.2, -0.15) is 0 Å². The van der Waals surface area contributed by atoms with E-state index >= 15 is 0 Å². The Balaban J connectivity index is 1.76. The van der Waals surface area contributed by atoms with Crippen LogP contribution in [0.15, 0.2) is 47.3 Å². The molecule has 0 saturated carbocycles. The van der Waals surface area contributed by atoms with Gasteiger partial charge in [0.05, 0.1) is 29.4 Å². The number of rotatable bonds is 7. The van der Waals surface area contributed by atoms with Crippen LogP contribution in [-0.2, 0) is 4.74 Å². The molecule has 176 valence electrons. The predicted molar refractivity (Wildman–Crippen MR) is 123 cm³/mol. The van der Waals surface area contributed by atoms with E-state index in [9.17, 15) is 19.1 Å². The number of ketones is 1. The van der Waals surface area contributed by atoms with Gasteiger partial charge in [-0.1, -0.05) is 6.07 Å². The zero-order valence-electron chi connectivity index (χ0n) is 19.0. The second-order valence-electron chi connectivity index (χ2n) is 8.76. The first kappa shape index (κ1) is 23.2. The van der Waals surface area contributed by atoms with Crippen LogP contribution in [0.25, 0.3) is 16.7 Å². The second kappa shape index (κ2) is 9.49. The highest BCUT2D eigenvalue weighted by molar-refractivity contribution is 5.99. The molecule has 3 atom stereocenters. The third kappa shape index (κ3) is 4.72. The normalized spacial score (nSPS) is 19.7. The van der Waals surface area contributed by atoms with Crippen LogP contribution in [0.1, 0.15) is 50.0 Å². The number of aliphatic hydroxyl groups excluding tert-OH is 1. The van der Waals surface area contributed by atoms with Gasteiger partial charge in [0.2, 0.25) is 6.36 Å². The van der Waals surface area contributed by atoms with Crippen molar-refractivity contribution in [1.29, 1.82) is 0 Å². The molecule has 1 unspecified atom stereocenters.